The van der Waals surface area contributed by atoms with Crippen LogP contribution in [0.5, 0.6) is 0 Å². The van der Waals surface area contributed by atoms with E-state index in [1.54, 1.807) is 7.11 Å². The molecule has 0 aliphatic carbocycles. The van der Waals surface area contributed by atoms with E-state index in [1.807, 2.05) is 0 Å². The Morgan fingerprint density at radius 2 is 2.13 bits per heavy atom. The van der Waals surface area contributed by atoms with Crippen LogP contribution in [0.4, 0.5) is 0 Å². The zero-order chi connectivity index (χ0) is 11.3. The van der Waals surface area contributed by atoms with E-state index in [0.29, 0.717) is 12.5 Å². The normalized spacial score (nSPS) is 28.0. The number of ether oxygens (including phenoxy) is 1. The molecule has 1 saturated heterocycles. The van der Waals surface area contributed by atoms with Gasteiger partial charge in [0.2, 0.25) is 0 Å². The Morgan fingerprint density at radius 1 is 1.40 bits per heavy atom. The third-order valence-electron chi connectivity index (χ3n) is 3.41. The van der Waals surface area contributed by atoms with Crippen molar-refractivity contribution in [3.05, 3.63) is 0 Å². The Balaban J connectivity index is 2.56. The zero-order valence-corrected chi connectivity index (χ0v) is 10.4. The summed E-state index contributed by atoms with van der Waals surface area (Å²) in [5, 5.41) is 0. The van der Waals surface area contributed by atoms with Gasteiger partial charge in [0.25, 0.3) is 0 Å². The highest BCUT2D eigenvalue weighted by Gasteiger charge is 2.38. The summed E-state index contributed by atoms with van der Waals surface area (Å²) in [6, 6.07) is 0. The molecule has 0 aromatic carbocycles. The lowest BCUT2D eigenvalue weighted by atomic mass is 9.81. The predicted octanol–water partition coefficient (Wildman–Crippen LogP) is 2.94. The van der Waals surface area contributed by atoms with Gasteiger partial charge >= 0.3 is 0 Å². The fourth-order valence-corrected chi connectivity index (χ4v) is 2.16. The molecule has 2 unspecified atom stereocenters. The molecular formula is C12H24O3. The second-order valence-corrected chi connectivity index (χ2v) is 4.80. The Labute approximate surface area is 93.0 Å². The number of hydrogen-bond donors (Lipinski definition) is 0. The van der Waals surface area contributed by atoms with Crippen LogP contribution in [0.1, 0.15) is 46.5 Å². The summed E-state index contributed by atoms with van der Waals surface area (Å²) in [5.41, 5.74) is -0.123. The quantitative estimate of drug-likeness (QED) is 0.661. The molecule has 1 fully saturated rings. The van der Waals surface area contributed by atoms with Gasteiger partial charge in [-0.25, -0.2) is 9.78 Å². The minimum atomic E-state index is -0.123. The van der Waals surface area contributed by atoms with E-state index in [9.17, 15) is 0 Å². The lowest BCUT2D eigenvalue weighted by molar-refractivity contribution is -0.370. The van der Waals surface area contributed by atoms with E-state index >= 15 is 0 Å². The molecule has 3 nitrogen and oxygen atoms in total. The van der Waals surface area contributed by atoms with E-state index in [4.69, 9.17) is 14.5 Å². The molecule has 0 aromatic rings. The van der Waals surface area contributed by atoms with Gasteiger partial charge in [0.05, 0.1) is 18.3 Å². The van der Waals surface area contributed by atoms with Crippen molar-refractivity contribution in [3.8, 4) is 0 Å². The van der Waals surface area contributed by atoms with Crippen LogP contribution in [0.25, 0.3) is 0 Å². The summed E-state index contributed by atoms with van der Waals surface area (Å²) in [7, 11) is 1.77. The minimum Gasteiger partial charge on any atom is -0.378 e. The van der Waals surface area contributed by atoms with Gasteiger partial charge in [0, 0.05) is 13.0 Å². The molecule has 0 spiro atoms. The van der Waals surface area contributed by atoms with Crippen molar-refractivity contribution in [2.75, 3.05) is 13.7 Å². The molecule has 1 aliphatic rings. The van der Waals surface area contributed by atoms with Gasteiger partial charge < -0.3 is 4.74 Å². The SMILES string of the molecule is CCCCC1OOCCC1C(C)(C)OC. The minimum absolute atomic E-state index is 0.123. The maximum atomic E-state index is 5.55. The summed E-state index contributed by atoms with van der Waals surface area (Å²) >= 11 is 0. The van der Waals surface area contributed by atoms with E-state index in [2.05, 4.69) is 20.8 Å². The van der Waals surface area contributed by atoms with E-state index in [0.717, 1.165) is 12.8 Å². The first-order chi connectivity index (χ1) is 7.11. The first-order valence-electron chi connectivity index (χ1n) is 5.95. The lowest BCUT2D eigenvalue weighted by Gasteiger charge is -2.40. The molecule has 90 valence electrons. The molecule has 0 N–H and O–H groups in total. The molecule has 2 atom stereocenters. The largest absolute Gasteiger partial charge is 0.378 e. The summed E-state index contributed by atoms with van der Waals surface area (Å²) in [6.07, 6.45) is 4.65. The molecular weight excluding hydrogens is 192 g/mol. The van der Waals surface area contributed by atoms with Crippen LogP contribution < -0.4 is 0 Å². The van der Waals surface area contributed by atoms with Crippen molar-refractivity contribution in [3.63, 3.8) is 0 Å². The zero-order valence-electron chi connectivity index (χ0n) is 10.4. The highest BCUT2D eigenvalue weighted by molar-refractivity contribution is 4.86. The standard InChI is InChI=1S/C12H24O3/c1-5-6-7-11-10(8-9-14-15-11)12(2,3)13-4/h10-11H,5-9H2,1-4H3. The Hall–Kier alpha value is -0.120. The maximum Gasteiger partial charge on any atom is 0.0986 e. The fourth-order valence-electron chi connectivity index (χ4n) is 2.16. The molecule has 1 rings (SSSR count). The Bertz CT molecular complexity index is 180. The first kappa shape index (κ1) is 12.9. The second-order valence-electron chi connectivity index (χ2n) is 4.80. The fraction of sp³-hybridized carbons (Fsp3) is 1.00. The van der Waals surface area contributed by atoms with E-state index < -0.39 is 0 Å². The number of rotatable bonds is 5. The Morgan fingerprint density at radius 3 is 2.73 bits per heavy atom. The topological polar surface area (TPSA) is 27.7 Å². The molecule has 0 saturated carbocycles. The number of methoxy groups -OCH3 is 1. The Kier molecular flexibility index (Phi) is 5.03. The molecule has 15 heavy (non-hydrogen) atoms. The first-order valence-corrected chi connectivity index (χ1v) is 5.95. The van der Waals surface area contributed by atoms with Crippen molar-refractivity contribution >= 4 is 0 Å². The predicted molar refractivity (Wildman–Crippen MR) is 59.5 cm³/mol. The van der Waals surface area contributed by atoms with Crippen LogP contribution >= 0.6 is 0 Å². The van der Waals surface area contributed by atoms with Gasteiger partial charge in [-0.05, 0) is 26.7 Å². The third-order valence-corrected chi connectivity index (χ3v) is 3.41. The molecule has 3 heteroatoms. The highest BCUT2D eigenvalue weighted by Crippen LogP contribution is 2.33. The summed E-state index contributed by atoms with van der Waals surface area (Å²) in [4.78, 5) is 10.5. The van der Waals surface area contributed by atoms with Crippen LogP contribution in [-0.4, -0.2) is 25.4 Å². The maximum absolute atomic E-state index is 5.55. The van der Waals surface area contributed by atoms with Crippen LogP contribution in [0.2, 0.25) is 0 Å². The van der Waals surface area contributed by atoms with Gasteiger partial charge in [-0.3, -0.25) is 0 Å². The van der Waals surface area contributed by atoms with E-state index in [-0.39, 0.29) is 11.7 Å². The van der Waals surface area contributed by atoms with Gasteiger partial charge in [-0.15, -0.1) is 0 Å². The monoisotopic (exact) mass is 216 g/mol. The van der Waals surface area contributed by atoms with Crippen LogP contribution in [0.15, 0.2) is 0 Å². The van der Waals surface area contributed by atoms with E-state index in [1.165, 1.54) is 12.8 Å². The summed E-state index contributed by atoms with van der Waals surface area (Å²) < 4.78 is 5.55. The molecule has 1 heterocycles. The van der Waals surface area contributed by atoms with Gasteiger partial charge in [0.15, 0.2) is 0 Å². The van der Waals surface area contributed by atoms with Crippen molar-refractivity contribution in [2.24, 2.45) is 5.92 Å². The third kappa shape index (κ3) is 3.44. The molecule has 0 amide bonds. The second kappa shape index (κ2) is 5.83. The van der Waals surface area contributed by atoms with Gasteiger partial charge in [0.1, 0.15) is 0 Å². The van der Waals surface area contributed by atoms with Crippen LogP contribution in [-0.2, 0) is 14.5 Å². The summed E-state index contributed by atoms with van der Waals surface area (Å²) in [5.74, 6) is 0.433. The number of unbranched alkanes of at least 4 members (excludes halogenated alkanes) is 1. The molecule has 0 radical (unpaired) electrons. The average Bonchev–Trinajstić information content (AvgIpc) is 2.26. The van der Waals surface area contributed by atoms with Gasteiger partial charge in [-0.1, -0.05) is 19.8 Å². The van der Waals surface area contributed by atoms with Crippen LogP contribution in [0, 0.1) is 5.92 Å². The van der Waals surface area contributed by atoms with Gasteiger partial charge in [-0.2, -0.15) is 0 Å². The van der Waals surface area contributed by atoms with Crippen molar-refractivity contribution < 1.29 is 14.5 Å². The van der Waals surface area contributed by atoms with Crippen molar-refractivity contribution in [2.45, 2.75) is 58.2 Å². The highest BCUT2D eigenvalue weighted by atomic mass is 17.2. The smallest absolute Gasteiger partial charge is 0.0986 e. The van der Waals surface area contributed by atoms with Crippen molar-refractivity contribution in [1.29, 1.82) is 0 Å². The van der Waals surface area contributed by atoms with Crippen LogP contribution in [0.3, 0.4) is 0 Å². The number of hydrogen-bond acceptors (Lipinski definition) is 3. The molecule has 0 aromatic heterocycles. The average molecular weight is 216 g/mol. The van der Waals surface area contributed by atoms with Crippen molar-refractivity contribution in [1.82, 2.24) is 0 Å². The lowest BCUT2D eigenvalue weighted by Crippen LogP contribution is -2.45. The molecule has 0 bridgehead atoms. The summed E-state index contributed by atoms with van der Waals surface area (Å²) in [6.45, 7) is 7.14. The molecule has 1 aliphatic heterocycles.